The lowest BCUT2D eigenvalue weighted by Crippen LogP contribution is -2.23. The van der Waals surface area contributed by atoms with Gasteiger partial charge in [0, 0.05) is 61.3 Å². The first-order chi connectivity index (χ1) is 27.8. The van der Waals surface area contributed by atoms with Crippen LogP contribution >= 0.6 is 11.3 Å². The van der Waals surface area contributed by atoms with E-state index in [1.807, 2.05) is 23.6 Å². The third-order valence-corrected chi connectivity index (χ3v) is 12.8. The number of hydrogen-bond acceptors (Lipinski definition) is 4. The minimum atomic E-state index is -0.298. The second-order valence-corrected chi connectivity index (χ2v) is 16.0. The molecule has 12 rings (SSSR count). The summed E-state index contributed by atoms with van der Waals surface area (Å²) in [4.78, 5) is 5.75. The minimum absolute atomic E-state index is 0.139. The number of benzene rings is 6. The minimum Gasteiger partial charge on any atom is -0.381 e. The van der Waals surface area contributed by atoms with Crippen LogP contribution < -0.4 is 10.6 Å². The first-order valence-corrected chi connectivity index (χ1v) is 20.2. The fourth-order valence-electron chi connectivity index (χ4n) is 9.19. The Bertz CT molecular complexity index is 3320. The molecule has 2 unspecified atom stereocenters. The highest BCUT2D eigenvalue weighted by Crippen LogP contribution is 2.48. The molecule has 2 aliphatic heterocycles. The monoisotopic (exact) mass is 737 g/mol. The number of thiophene rings is 1. The summed E-state index contributed by atoms with van der Waals surface area (Å²) < 4.78 is 6.17. The molecule has 0 saturated carbocycles. The van der Waals surface area contributed by atoms with Crippen LogP contribution in [0.2, 0.25) is 0 Å². The van der Waals surface area contributed by atoms with Gasteiger partial charge in [-0.05, 0) is 83.6 Å². The Kier molecular flexibility index (Phi) is 6.96. The number of nitrogens with zero attached hydrogens (tertiary/aromatic N) is 3. The normalized spacial score (nSPS) is 17.8. The van der Waals surface area contributed by atoms with Crippen molar-refractivity contribution in [2.45, 2.75) is 31.5 Å². The molecule has 2 atom stereocenters. The molecule has 6 aromatic carbocycles. The third kappa shape index (κ3) is 4.78. The maximum Gasteiger partial charge on any atom is 0.157 e. The van der Waals surface area contributed by atoms with Gasteiger partial charge in [0.1, 0.15) is 10.8 Å². The van der Waals surface area contributed by atoms with Crippen molar-refractivity contribution in [3.8, 4) is 11.8 Å². The van der Waals surface area contributed by atoms with Gasteiger partial charge in [-0.1, -0.05) is 96.9 Å². The molecule has 3 aliphatic rings. The summed E-state index contributed by atoms with van der Waals surface area (Å²) in [5.41, 5.74) is 9.63. The van der Waals surface area contributed by atoms with Crippen LogP contribution in [0.3, 0.4) is 0 Å². The summed E-state index contributed by atoms with van der Waals surface area (Å²) in [6.45, 7) is 0. The van der Waals surface area contributed by atoms with Gasteiger partial charge in [0.15, 0.2) is 6.17 Å². The topological polar surface area (TPSA) is 46.3 Å². The molecule has 0 saturated heterocycles. The van der Waals surface area contributed by atoms with Crippen LogP contribution in [0, 0.1) is 11.8 Å². The maximum atomic E-state index is 5.75. The summed E-state index contributed by atoms with van der Waals surface area (Å²) in [6, 6.07) is 44.9. The third-order valence-electron chi connectivity index (χ3n) is 11.8. The van der Waals surface area contributed by atoms with E-state index in [9.17, 15) is 0 Å². The largest absolute Gasteiger partial charge is 0.381 e. The highest BCUT2D eigenvalue weighted by atomic mass is 32.1. The number of allylic oxidation sites excluding steroid dienone is 4. The van der Waals surface area contributed by atoms with Crippen molar-refractivity contribution in [1.29, 1.82) is 0 Å². The highest BCUT2D eigenvalue weighted by Gasteiger charge is 2.31. The molecule has 2 N–H and O–H groups in total. The van der Waals surface area contributed by atoms with Gasteiger partial charge in [-0.25, -0.2) is 4.99 Å². The Balaban J connectivity index is 1.09. The van der Waals surface area contributed by atoms with Crippen molar-refractivity contribution < 1.29 is 0 Å². The molecule has 1 aliphatic carbocycles. The van der Waals surface area contributed by atoms with Gasteiger partial charge in [-0.15, -0.1) is 17.3 Å². The number of nitrogens with one attached hydrogen (secondary N) is 2. The van der Waals surface area contributed by atoms with E-state index in [0.717, 1.165) is 35.7 Å². The first-order valence-electron chi connectivity index (χ1n) is 19.4. The predicted molar refractivity (Wildman–Crippen MR) is 237 cm³/mol. The summed E-state index contributed by atoms with van der Waals surface area (Å²) in [7, 11) is 0. The summed E-state index contributed by atoms with van der Waals surface area (Å²) in [5, 5.41) is 17.2. The Labute approximate surface area is 327 Å². The fourth-order valence-corrected chi connectivity index (χ4v) is 10.4. The number of anilines is 1. The number of fused-ring (bicyclic) bond motifs is 10. The van der Waals surface area contributed by atoms with E-state index in [-0.39, 0.29) is 12.2 Å². The van der Waals surface area contributed by atoms with Gasteiger partial charge in [-0.3, -0.25) is 0 Å². The zero-order valence-electron chi connectivity index (χ0n) is 30.5. The van der Waals surface area contributed by atoms with Crippen molar-refractivity contribution in [3.63, 3.8) is 0 Å². The molecule has 3 aromatic heterocycles. The maximum absolute atomic E-state index is 5.75. The van der Waals surface area contributed by atoms with E-state index < -0.39 is 0 Å². The molecule has 266 valence electrons. The molecular formula is C50H35N5S. The van der Waals surface area contributed by atoms with E-state index in [1.165, 1.54) is 81.3 Å². The van der Waals surface area contributed by atoms with Crippen LogP contribution in [0.4, 0.5) is 5.00 Å². The molecule has 0 radical (unpaired) electrons. The highest BCUT2D eigenvalue weighted by molar-refractivity contribution is 7.23. The quantitative estimate of drug-likeness (QED) is 0.177. The van der Waals surface area contributed by atoms with Crippen LogP contribution in [0.15, 0.2) is 157 Å². The van der Waals surface area contributed by atoms with Gasteiger partial charge >= 0.3 is 0 Å². The second-order valence-electron chi connectivity index (χ2n) is 14.9. The van der Waals surface area contributed by atoms with E-state index in [4.69, 9.17) is 4.99 Å². The number of dihydropyridines is 1. The van der Waals surface area contributed by atoms with Gasteiger partial charge in [0.25, 0.3) is 0 Å². The van der Waals surface area contributed by atoms with Gasteiger partial charge in [0.2, 0.25) is 0 Å². The molecule has 5 heterocycles. The van der Waals surface area contributed by atoms with Gasteiger partial charge in [0.05, 0.1) is 28.1 Å². The van der Waals surface area contributed by atoms with E-state index in [1.54, 1.807) is 0 Å². The van der Waals surface area contributed by atoms with Crippen LogP contribution in [-0.4, -0.2) is 15.0 Å². The number of aliphatic imine (C=N–C) groups is 1. The second kappa shape index (κ2) is 12.4. The number of para-hydroxylation sites is 2. The Morgan fingerprint density at radius 3 is 2.34 bits per heavy atom. The van der Waals surface area contributed by atoms with Crippen molar-refractivity contribution in [3.05, 3.63) is 169 Å². The van der Waals surface area contributed by atoms with Crippen LogP contribution in [-0.2, 0) is 0 Å². The lowest BCUT2D eigenvalue weighted by atomic mass is 10.0. The first kappa shape index (κ1) is 31.5. The Hall–Kier alpha value is -6.81. The van der Waals surface area contributed by atoms with Crippen LogP contribution in [0.1, 0.15) is 48.2 Å². The summed E-state index contributed by atoms with van der Waals surface area (Å²) in [6.07, 6.45) is 13.0. The number of aromatic nitrogens is 2. The molecular weight excluding hydrogens is 703 g/mol. The molecule has 56 heavy (non-hydrogen) atoms. The smallest absolute Gasteiger partial charge is 0.157 e. The van der Waals surface area contributed by atoms with Crippen molar-refractivity contribution in [1.82, 2.24) is 14.5 Å². The van der Waals surface area contributed by atoms with E-state index in [0.29, 0.717) is 0 Å². The molecule has 0 spiro atoms. The Morgan fingerprint density at radius 2 is 1.46 bits per heavy atom. The fraction of sp³-hybridized carbons (Fsp3) is 0.100. The van der Waals surface area contributed by atoms with Gasteiger partial charge < -0.3 is 19.8 Å². The van der Waals surface area contributed by atoms with E-state index in [2.05, 4.69) is 171 Å². The SMILES string of the molecule is C1#CCCC(n2c3ccccc3c3cc(C4=NC(n5c6ccccc6c6cc7ccccc7cc65)c5c(sc6cc(C7C=CC=CN7)ccc56)N4)ccc32)=CC1. The van der Waals surface area contributed by atoms with Crippen molar-refractivity contribution in [2.24, 2.45) is 4.99 Å². The summed E-state index contributed by atoms with van der Waals surface area (Å²) >= 11 is 1.82. The molecule has 0 amide bonds. The average molecular weight is 738 g/mol. The van der Waals surface area contributed by atoms with Crippen LogP contribution in [0.5, 0.6) is 0 Å². The molecule has 9 aromatic rings. The lowest BCUT2D eigenvalue weighted by Gasteiger charge is -2.26. The standard InChI is InChI=1S/C50H35N5S/c1-2-4-16-35(15-3-1)54-42-20-9-7-17-36(42)39-28-34(23-25-44(39)54)48-52-49(47-38-24-22-33(41-19-11-12-26-51-41)30-46(38)56-50(47)53-48)55-43-21-10-8-18-37(43)40-27-31-13-5-6-14-32(31)29-45(40)55/h5-15,17-30,41,49,51H,3-4,16H2,(H,52,53). The molecule has 0 bridgehead atoms. The zero-order valence-corrected chi connectivity index (χ0v) is 31.3. The van der Waals surface area contributed by atoms with Crippen molar-refractivity contribution in [2.75, 3.05) is 5.32 Å². The van der Waals surface area contributed by atoms with Crippen molar-refractivity contribution >= 4 is 92.3 Å². The summed E-state index contributed by atoms with van der Waals surface area (Å²) in [5.74, 6) is 7.50. The van der Waals surface area contributed by atoms with Gasteiger partial charge in [-0.2, -0.15) is 0 Å². The number of rotatable bonds is 4. The predicted octanol–water partition coefficient (Wildman–Crippen LogP) is 12.4. The van der Waals surface area contributed by atoms with Crippen LogP contribution in [0.25, 0.3) is 70.2 Å². The average Bonchev–Trinajstić information content (AvgIpc) is 3.80. The Morgan fingerprint density at radius 1 is 0.679 bits per heavy atom. The van der Waals surface area contributed by atoms with E-state index >= 15 is 0 Å². The molecule has 5 nitrogen and oxygen atoms in total. The molecule has 6 heteroatoms. The number of amidine groups is 1. The lowest BCUT2D eigenvalue weighted by molar-refractivity contribution is 0.659. The molecule has 0 fully saturated rings. The zero-order chi connectivity index (χ0) is 36.7. The number of hydrogen-bond donors (Lipinski definition) is 2.